The first-order valence-electron chi connectivity index (χ1n) is 4.62. The maximum atomic E-state index is 11.5. The standard InChI is InChI=1S/C10H8N4OS/c11-7-16-6-8(15)5-14-10-4-2-1-3-9(10)12-13-14/h1-4H,5-6H2. The topological polar surface area (TPSA) is 71.6 Å². The van der Waals surface area contributed by atoms with Crippen LogP contribution in [-0.2, 0) is 11.3 Å². The van der Waals surface area contributed by atoms with Crippen molar-refractivity contribution in [3.63, 3.8) is 0 Å². The largest absolute Gasteiger partial charge is 0.297 e. The van der Waals surface area contributed by atoms with Crippen molar-refractivity contribution in [3.05, 3.63) is 24.3 Å². The van der Waals surface area contributed by atoms with Gasteiger partial charge in [-0.3, -0.25) is 4.79 Å². The lowest BCUT2D eigenvalue weighted by atomic mass is 10.3. The first-order valence-corrected chi connectivity index (χ1v) is 5.60. The molecule has 0 spiro atoms. The Balaban J connectivity index is 2.16. The number of hydrogen-bond acceptors (Lipinski definition) is 5. The number of nitrogens with zero attached hydrogens (tertiary/aromatic N) is 4. The predicted molar refractivity (Wildman–Crippen MR) is 60.6 cm³/mol. The number of thiocyanates is 1. The molecule has 0 fully saturated rings. The highest BCUT2D eigenvalue weighted by molar-refractivity contribution is 8.04. The maximum Gasteiger partial charge on any atom is 0.165 e. The number of nitriles is 1. The minimum atomic E-state index is -0.0396. The fourth-order valence-corrected chi connectivity index (χ4v) is 1.68. The van der Waals surface area contributed by atoms with Gasteiger partial charge in [0.15, 0.2) is 5.78 Å². The molecule has 0 amide bonds. The summed E-state index contributed by atoms with van der Waals surface area (Å²) in [5.41, 5.74) is 1.60. The summed E-state index contributed by atoms with van der Waals surface area (Å²) < 4.78 is 1.55. The number of para-hydroxylation sites is 1. The summed E-state index contributed by atoms with van der Waals surface area (Å²) in [6, 6.07) is 7.44. The number of Topliss-reactive ketones (excluding diaryl/α,β-unsaturated/α-hetero) is 1. The van der Waals surface area contributed by atoms with Crippen LogP contribution in [0.25, 0.3) is 11.0 Å². The van der Waals surface area contributed by atoms with Crippen molar-refractivity contribution in [3.8, 4) is 5.40 Å². The van der Waals surface area contributed by atoms with Crippen molar-refractivity contribution in [1.29, 1.82) is 5.26 Å². The van der Waals surface area contributed by atoms with Gasteiger partial charge >= 0.3 is 0 Å². The van der Waals surface area contributed by atoms with Crippen molar-refractivity contribution in [1.82, 2.24) is 15.0 Å². The molecule has 5 nitrogen and oxygen atoms in total. The first-order chi connectivity index (χ1) is 7.81. The molecular formula is C10H8N4OS. The highest BCUT2D eigenvalue weighted by Crippen LogP contribution is 2.09. The van der Waals surface area contributed by atoms with Gasteiger partial charge in [-0.25, -0.2) is 4.68 Å². The second kappa shape index (κ2) is 4.77. The van der Waals surface area contributed by atoms with Gasteiger partial charge in [0.2, 0.25) is 0 Å². The van der Waals surface area contributed by atoms with E-state index < -0.39 is 0 Å². The molecule has 0 aliphatic carbocycles. The number of carbonyl (C=O) groups excluding carboxylic acids is 1. The van der Waals surface area contributed by atoms with Gasteiger partial charge in [0, 0.05) is 0 Å². The molecule has 1 aromatic heterocycles. The number of fused-ring (bicyclic) bond motifs is 1. The number of aromatic nitrogens is 3. The van der Waals surface area contributed by atoms with Gasteiger partial charge in [0.05, 0.1) is 11.3 Å². The Morgan fingerprint density at radius 1 is 1.50 bits per heavy atom. The van der Waals surface area contributed by atoms with Crippen LogP contribution in [0.3, 0.4) is 0 Å². The average molecular weight is 232 g/mol. The predicted octanol–water partition coefficient (Wildman–Crippen LogP) is 1.21. The Morgan fingerprint density at radius 2 is 2.31 bits per heavy atom. The van der Waals surface area contributed by atoms with E-state index in [1.54, 1.807) is 4.68 Å². The van der Waals surface area contributed by atoms with Crippen LogP contribution in [0.4, 0.5) is 0 Å². The number of benzene rings is 1. The molecule has 16 heavy (non-hydrogen) atoms. The Hall–Kier alpha value is -1.87. The van der Waals surface area contributed by atoms with Crippen molar-refractivity contribution in [2.75, 3.05) is 5.75 Å². The molecule has 0 bridgehead atoms. The molecule has 0 N–H and O–H groups in total. The zero-order valence-electron chi connectivity index (χ0n) is 8.33. The highest BCUT2D eigenvalue weighted by Gasteiger charge is 2.08. The van der Waals surface area contributed by atoms with Crippen LogP contribution in [0.5, 0.6) is 0 Å². The van der Waals surface area contributed by atoms with Gasteiger partial charge < -0.3 is 0 Å². The zero-order valence-corrected chi connectivity index (χ0v) is 9.15. The molecule has 0 atom stereocenters. The molecule has 2 aromatic rings. The summed E-state index contributed by atoms with van der Waals surface area (Å²) in [5, 5.41) is 18.0. The van der Waals surface area contributed by atoms with Crippen molar-refractivity contribution >= 4 is 28.6 Å². The third-order valence-corrected chi connectivity index (χ3v) is 2.64. The zero-order chi connectivity index (χ0) is 11.4. The van der Waals surface area contributed by atoms with Crippen LogP contribution in [0, 0.1) is 10.7 Å². The number of rotatable bonds is 4. The van der Waals surface area contributed by atoms with E-state index in [-0.39, 0.29) is 18.1 Å². The van der Waals surface area contributed by atoms with Gasteiger partial charge in [0.1, 0.15) is 17.5 Å². The van der Waals surface area contributed by atoms with Crippen LogP contribution in [0.1, 0.15) is 0 Å². The molecular weight excluding hydrogens is 224 g/mol. The summed E-state index contributed by atoms with van der Waals surface area (Å²) in [4.78, 5) is 11.5. The van der Waals surface area contributed by atoms with Gasteiger partial charge in [0.25, 0.3) is 0 Å². The summed E-state index contributed by atoms with van der Waals surface area (Å²) >= 11 is 0.938. The van der Waals surface area contributed by atoms with Crippen molar-refractivity contribution in [2.45, 2.75) is 6.54 Å². The quantitative estimate of drug-likeness (QED) is 0.741. The van der Waals surface area contributed by atoms with E-state index >= 15 is 0 Å². The normalized spacial score (nSPS) is 10.2. The second-order valence-electron chi connectivity index (χ2n) is 3.15. The SMILES string of the molecule is N#CSCC(=O)Cn1nnc2ccccc21. The molecule has 6 heteroatoms. The summed E-state index contributed by atoms with van der Waals surface area (Å²) in [6.45, 7) is 0.162. The summed E-state index contributed by atoms with van der Waals surface area (Å²) in [5.74, 6) is 0.146. The van der Waals surface area contributed by atoms with Crippen LogP contribution in [0.2, 0.25) is 0 Å². The van der Waals surface area contributed by atoms with Gasteiger partial charge in [-0.15, -0.1) is 5.10 Å². The molecule has 0 saturated heterocycles. The summed E-state index contributed by atoms with van der Waals surface area (Å²) in [6.07, 6.45) is 0. The van der Waals surface area contributed by atoms with E-state index in [9.17, 15) is 4.79 Å². The Bertz CT molecular complexity index is 557. The van der Waals surface area contributed by atoms with Gasteiger partial charge in [-0.2, -0.15) is 5.26 Å². The highest BCUT2D eigenvalue weighted by atomic mass is 32.2. The van der Waals surface area contributed by atoms with Crippen LogP contribution in [-0.4, -0.2) is 26.5 Å². The molecule has 2 rings (SSSR count). The lowest BCUT2D eigenvalue weighted by molar-refractivity contribution is -0.117. The fraction of sp³-hybridized carbons (Fsp3) is 0.200. The summed E-state index contributed by atoms with van der Waals surface area (Å²) in [7, 11) is 0. The van der Waals surface area contributed by atoms with E-state index in [0.717, 1.165) is 22.8 Å². The molecule has 0 aliphatic heterocycles. The minimum Gasteiger partial charge on any atom is -0.297 e. The molecule has 0 unspecified atom stereocenters. The average Bonchev–Trinajstić information content (AvgIpc) is 2.70. The van der Waals surface area contributed by atoms with Crippen LogP contribution >= 0.6 is 11.8 Å². The smallest absolute Gasteiger partial charge is 0.165 e. The monoisotopic (exact) mass is 232 g/mol. The lowest BCUT2D eigenvalue weighted by Gasteiger charge is -1.99. The van der Waals surface area contributed by atoms with E-state index in [0.29, 0.717) is 0 Å². The van der Waals surface area contributed by atoms with Gasteiger partial charge in [-0.05, 0) is 23.9 Å². The van der Waals surface area contributed by atoms with E-state index in [4.69, 9.17) is 5.26 Å². The molecule has 1 heterocycles. The first kappa shape index (κ1) is 10.6. The second-order valence-corrected chi connectivity index (χ2v) is 3.91. The van der Waals surface area contributed by atoms with E-state index in [1.165, 1.54) is 0 Å². The molecule has 0 radical (unpaired) electrons. The van der Waals surface area contributed by atoms with E-state index in [1.807, 2.05) is 29.7 Å². The fourth-order valence-electron chi connectivity index (χ4n) is 1.36. The molecule has 0 saturated carbocycles. The van der Waals surface area contributed by atoms with Crippen molar-refractivity contribution < 1.29 is 4.79 Å². The third kappa shape index (κ3) is 2.20. The molecule has 0 aliphatic rings. The number of ketones is 1. The van der Waals surface area contributed by atoms with Crippen LogP contribution < -0.4 is 0 Å². The van der Waals surface area contributed by atoms with E-state index in [2.05, 4.69) is 10.3 Å². The minimum absolute atomic E-state index is 0.0396. The number of carbonyl (C=O) groups is 1. The maximum absolute atomic E-state index is 11.5. The lowest BCUT2D eigenvalue weighted by Crippen LogP contribution is -2.13. The number of hydrogen-bond donors (Lipinski definition) is 0. The Kier molecular flexibility index (Phi) is 3.17. The Labute approximate surface area is 96.0 Å². The number of thioether (sulfide) groups is 1. The van der Waals surface area contributed by atoms with Crippen molar-refractivity contribution in [2.24, 2.45) is 0 Å². The Morgan fingerprint density at radius 3 is 3.12 bits per heavy atom. The molecule has 80 valence electrons. The third-order valence-electron chi connectivity index (χ3n) is 2.04. The van der Waals surface area contributed by atoms with Gasteiger partial charge in [-0.1, -0.05) is 17.3 Å². The molecule has 1 aromatic carbocycles. The van der Waals surface area contributed by atoms with Crippen LogP contribution in [0.15, 0.2) is 24.3 Å².